The molecular weight excluding hydrogens is 238 g/mol. The zero-order chi connectivity index (χ0) is 13.0. The highest BCUT2D eigenvalue weighted by Gasteiger charge is 2.19. The lowest BCUT2D eigenvalue weighted by Gasteiger charge is -2.06. The number of nitro groups is 1. The molecule has 0 bridgehead atoms. The van der Waals surface area contributed by atoms with Crippen molar-refractivity contribution in [1.82, 2.24) is 0 Å². The Kier molecular flexibility index (Phi) is 3.91. The molecule has 0 radical (unpaired) electrons. The van der Waals surface area contributed by atoms with Crippen LogP contribution in [0.3, 0.4) is 0 Å². The molecule has 17 heavy (non-hydrogen) atoms. The van der Waals surface area contributed by atoms with Crippen LogP contribution in [0.1, 0.15) is 6.92 Å². The molecule has 6 nitrogen and oxygen atoms in total. The fraction of sp³-hybridized carbons (Fsp3) is 0.222. The van der Waals surface area contributed by atoms with Crippen molar-refractivity contribution in [3.8, 4) is 0 Å². The maximum absolute atomic E-state index is 13.2. The highest BCUT2D eigenvalue weighted by Crippen LogP contribution is 2.25. The molecule has 8 heteroatoms. The maximum atomic E-state index is 13.2. The molecule has 92 valence electrons. The van der Waals surface area contributed by atoms with E-state index in [0.29, 0.717) is 12.1 Å². The molecule has 0 fully saturated rings. The third kappa shape index (κ3) is 3.10. The monoisotopic (exact) mass is 246 g/mol. The van der Waals surface area contributed by atoms with Gasteiger partial charge in [0.15, 0.2) is 0 Å². The first kappa shape index (κ1) is 12.8. The molecule has 0 atom stereocenters. The molecule has 0 aliphatic rings. The summed E-state index contributed by atoms with van der Waals surface area (Å²) in [5.41, 5.74) is -1.45. The minimum Gasteiger partial charge on any atom is -0.450 e. The third-order valence-electron chi connectivity index (χ3n) is 1.75. The number of nitrogens with one attached hydrogen (secondary N) is 1. The highest BCUT2D eigenvalue weighted by atomic mass is 19.1. The van der Waals surface area contributed by atoms with Gasteiger partial charge in [-0.2, -0.15) is 4.39 Å². The van der Waals surface area contributed by atoms with Crippen LogP contribution in [0.15, 0.2) is 12.1 Å². The first-order chi connectivity index (χ1) is 7.95. The minimum atomic E-state index is -1.32. The summed E-state index contributed by atoms with van der Waals surface area (Å²) < 4.78 is 30.6. The zero-order valence-corrected chi connectivity index (χ0v) is 8.70. The SMILES string of the molecule is CCOC(=O)Nc1cc([N+](=O)[O-])c(F)cc1F. The van der Waals surface area contributed by atoms with Gasteiger partial charge in [0.25, 0.3) is 0 Å². The molecule has 0 aliphatic carbocycles. The second-order valence-electron chi connectivity index (χ2n) is 2.89. The summed E-state index contributed by atoms with van der Waals surface area (Å²) in [7, 11) is 0. The molecule has 0 aliphatic heterocycles. The Morgan fingerprint density at radius 3 is 2.65 bits per heavy atom. The second-order valence-corrected chi connectivity index (χ2v) is 2.89. The molecule has 1 aromatic rings. The number of hydrogen-bond acceptors (Lipinski definition) is 4. The van der Waals surface area contributed by atoms with Crippen LogP contribution in [0.25, 0.3) is 0 Å². The number of ether oxygens (including phenoxy) is 1. The molecule has 0 spiro atoms. The molecule has 0 saturated carbocycles. The lowest BCUT2D eigenvalue weighted by molar-refractivity contribution is -0.387. The number of nitro benzene ring substituents is 1. The van der Waals surface area contributed by atoms with Crippen molar-refractivity contribution < 1.29 is 23.2 Å². The van der Waals surface area contributed by atoms with Gasteiger partial charge in [0, 0.05) is 12.1 Å². The quantitative estimate of drug-likeness (QED) is 0.656. The standard InChI is InChI=1S/C9H8F2N2O4/c1-2-17-9(14)12-7-4-8(13(15)16)6(11)3-5(7)10/h3-4H,2H2,1H3,(H,12,14). The minimum absolute atomic E-state index is 0.0523. The topological polar surface area (TPSA) is 81.5 Å². The zero-order valence-electron chi connectivity index (χ0n) is 8.70. The molecule has 0 saturated heterocycles. The Morgan fingerprint density at radius 1 is 1.47 bits per heavy atom. The summed E-state index contributed by atoms with van der Waals surface area (Å²) in [4.78, 5) is 20.3. The average Bonchev–Trinajstić information content (AvgIpc) is 2.21. The van der Waals surface area contributed by atoms with Gasteiger partial charge in [-0.05, 0) is 6.92 Å². The summed E-state index contributed by atoms with van der Waals surface area (Å²) in [6, 6.07) is 0.904. The van der Waals surface area contributed by atoms with Gasteiger partial charge < -0.3 is 4.74 Å². The van der Waals surface area contributed by atoms with Crippen LogP contribution in [0.5, 0.6) is 0 Å². The van der Waals surface area contributed by atoms with Gasteiger partial charge in [0.1, 0.15) is 5.82 Å². The van der Waals surface area contributed by atoms with E-state index in [4.69, 9.17) is 0 Å². The largest absolute Gasteiger partial charge is 0.450 e. The molecule has 0 heterocycles. The number of amides is 1. The van der Waals surface area contributed by atoms with E-state index in [-0.39, 0.29) is 6.61 Å². The second kappa shape index (κ2) is 5.19. The highest BCUT2D eigenvalue weighted by molar-refractivity contribution is 5.85. The van der Waals surface area contributed by atoms with Crippen molar-refractivity contribution >= 4 is 17.5 Å². The van der Waals surface area contributed by atoms with Gasteiger partial charge in [-0.15, -0.1) is 0 Å². The van der Waals surface area contributed by atoms with Crippen molar-refractivity contribution in [2.75, 3.05) is 11.9 Å². The summed E-state index contributed by atoms with van der Waals surface area (Å²) in [5, 5.41) is 12.3. The number of benzene rings is 1. The van der Waals surface area contributed by atoms with Gasteiger partial charge in [-0.3, -0.25) is 15.4 Å². The number of carbonyl (C=O) groups excluding carboxylic acids is 1. The molecule has 1 aromatic carbocycles. The molecule has 0 aromatic heterocycles. The number of anilines is 1. The van der Waals surface area contributed by atoms with Crippen LogP contribution in [0.2, 0.25) is 0 Å². The van der Waals surface area contributed by atoms with Crippen molar-refractivity contribution in [2.45, 2.75) is 6.92 Å². The maximum Gasteiger partial charge on any atom is 0.411 e. The lowest BCUT2D eigenvalue weighted by atomic mass is 10.2. The summed E-state index contributed by atoms with van der Waals surface area (Å²) in [6.45, 7) is 1.58. The van der Waals surface area contributed by atoms with Gasteiger partial charge in [-0.1, -0.05) is 0 Å². The van der Waals surface area contributed by atoms with Gasteiger partial charge in [0.05, 0.1) is 17.2 Å². The van der Waals surface area contributed by atoms with Gasteiger partial charge in [-0.25, -0.2) is 9.18 Å². The fourth-order valence-electron chi connectivity index (χ4n) is 1.05. The predicted molar refractivity (Wildman–Crippen MR) is 53.7 cm³/mol. The Morgan fingerprint density at radius 2 is 2.12 bits per heavy atom. The lowest BCUT2D eigenvalue weighted by Crippen LogP contribution is -2.14. The van der Waals surface area contributed by atoms with E-state index in [1.54, 1.807) is 0 Å². The van der Waals surface area contributed by atoms with Crippen LogP contribution in [-0.2, 0) is 4.74 Å². The van der Waals surface area contributed by atoms with Crippen molar-refractivity contribution in [1.29, 1.82) is 0 Å². The van der Waals surface area contributed by atoms with E-state index in [0.717, 1.165) is 0 Å². The molecular formula is C9H8F2N2O4. The van der Waals surface area contributed by atoms with E-state index in [9.17, 15) is 23.7 Å². The fourth-order valence-corrected chi connectivity index (χ4v) is 1.05. The number of rotatable bonds is 3. The number of nitrogens with zero attached hydrogens (tertiary/aromatic N) is 1. The average molecular weight is 246 g/mol. The normalized spacial score (nSPS) is 9.82. The Balaban J connectivity index is 3.03. The van der Waals surface area contributed by atoms with Crippen molar-refractivity contribution in [2.24, 2.45) is 0 Å². The van der Waals surface area contributed by atoms with E-state index in [2.05, 4.69) is 4.74 Å². The van der Waals surface area contributed by atoms with E-state index < -0.39 is 34.0 Å². The van der Waals surface area contributed by atoms with Crippen LogP contribution in [0, 0.1) is 21.7 Å². The Bertz CT molecular complexity index is 465. The first-order valence-electron chi connectivity index (χ1n) is 4.53. The van der Waals surface area contributed by atoms with Crippen LogP contribution < -0.4 is 5.32 Å². The molecule has 1 rings (SSSR count). The van der Waals surface area contributed by atoms with Crippen molar-refractivity contribution in [3.05, 3.63) is 33.9 Å². The van der Waals surface area contributed by atoms with E-state index >= 15 is 0 Å². The van der Waals surface area contributed by atoms with Gasteiger partial charge >= 0.3 is 11.8 Å². The van der Waals surface area contributed by atoms with Gasteiger partial charge in [0.2, 0.25) is 5.82 Å². The predicted octanol–water partition coefficient (Wildman–Crippen LogP) is 2.44. The van der Waals surface area contributed by atoms with Crippen molar-refractivity contribution in [3.63, 3.8) is 0 Å². The number of carbonyl (C=O) groups is 1. The third-order valence-corrected chi connectivity index (χ3v) is 1.75. The summed E-state index contributed by atoms with van der Waals surface area (Å²) >= 11 is 0. The first-order valence-corrected chi connectivity index (χ1v) is 4.53. The Hall–Kier alpha value is -2.25. The number of halogens is 2. The number of hydrogen-bond donors (Lipinski definition) is 1. The summed E-state index contributed by atoms with van der Waals surface area (Å²) in [5.74, 6) is -2.44. The van der Waals surface area contributed by atoms with E-state index in [1.807, 2.05) is 5.32 Å². The molecule has 0 unspecified atom stereocenters. The van der Waals surface area contributed by atoms with E-state index in [1.165, 1.54) is 6.92 Å². The smallest absolute Gasteiger partial charge is 0.411 e. The Labute approximate surface area is 94.3 Å². The molecule has 1 amide bonds. The molecule has 1 N–H and O–H groups in total. The van der Waals surface area contributed by atoms with Crippen LogP contribution in [0.4, 0.5) is 25.0 Å². The van der Waals surface area contributed by atoms with Crippen LogP contribution >= 0.6 is 0 Å². The van der Waals surface area contributed by atoms with Crippen LogP contribution in [-0.4, -0.2) is 17.6 Å². The summed E-state index contributed by atoms with van der Waals surface area (Å²) in [6.07, 6.45) is -0.979.